The molecule has 7 nitrogen and oxygen atoms in total. The van der Waals surface area contributed by atoms with Gasteiger partial charge in [0.1, 0.15) is 5.82 Å². The fraction of sp³-hybridized carbons (Fsp3) is 0.474. The third-order valence-corrected chi connectivity index (χ3v) is 4.93. The van der Waals surface area contributed by atoms with Crippen molar-refractivity contribution in [2.45, 2.75) is 39.2 Å². The third kappa shape index (κ3) is 4.35. The number of aryl methyl sites for hydroxylation is 1. The Morgan fingerprint density at radius 1 is 1.42 bits per heavy atom. The molecule has 3 rings (SSSR count). The molecule has 3 heterocycles. The second-order valence-electron chi connectivity index (χ2n) is 6.86. The second-order valence-corrected chi connectivity index (χ2v) is 6.86. The van der Waals surface area contributed by atoms with Crippen LogP contribution in [0, 0.1) is 12.8 Å². The second kappa shape index (κ2) is 8.23. The Labute approximate surface area is 152 Å². The van der Waals surface area contributed by atoms with Crippen LogP contribution in [0.2, 0.25) is 0 Å². The van der Waals surface area contributed by atoms with Crippen LogP contribution >= 0.6 is 0 Å². The van der Waals surface area contributed by atoms with Crippen molar-refractivity contribution < 1.29 is 4.79 Å². The summed E-state index contributed by atoms with van der Waals surface area (Å²) in [5.74, 6) is 0.933. The van der Waals surface area contributed by atoms with E-state index in [0.717, 1.165) is 25.1 Å². The molecule has 0 radical (unpaired) electrons. The first-order valence-corrected chi connectivity index (χ1v) is 9.05. The zero-order valence-corrected chi connectivity index (χ0v) is 15.2. The SMILES string of the molecule is Cc1nc(-c2cccnc2)[nH]c(=O)c1CCC(=O)NC1CNCCC1C. The van der Waals surface area contributed by atoms with Crippen LogP contribution in [0.25, 0.3) is 11.4 Å². The number of hydrogen-bond acceptors (Lipinski definition) is 5. The van der Waals surface area contributed by atoms with Crippen LogP contribution in [0.15, 0.2) is 29.3 Å². The number of nitrogens with one attached hydrogen (secondary N) is 3. The van der Waals surface area contributed by atoms with E-state index in [2.05, 4.69) is 32.5 Å². The number of piperidine rings is 1. The van der Waals surface area contributed by atoms with Crippen molar-refractivity contribution in [3.63, 3.8) is 0 Å². The van der Waals surface area contributed by atoms with Crippen molar-refractivity contribution in [1.29, 1.82) is 0 Å². The smallest absolute Gasteiger partial charge is 0.254 e. The molecule has 1 fully saturated rings. The maximum atomic E-state index is 12.4. The molecular weight excluding hydrogens is 330 g/mol. The van der Waals surface area contributed by atoms with Gasteiger partial charge in [-0.1, -0.05) is 6.92 Å². The quantitative estimate of drug-likeness (QED) is 0.748. The lowest BCUT2D eigenvalue weighted by molar-refractivity contribution is -0.122. The zero-order valence-electron chi connectivity index (χ0n) is 15.2. The van der Waals surface area contributed by atoms with E-state index in [0.29, 0.717) is 29.4 Å². The van der Waals surface area contributed by atoms with Crippen molar-refractivity contribution in [2.75, 3.05) is 13.1 Å². The molecule has 2 unspecified atom stereocenters. The summed E-state index contributed by atoms with van der Waals surface area (Å²) in [7, 11) is 0. The zero-order chi connectivity index (χ0) is 18.5. The summed E-state index contributed by atoms with van der Waals surface area (Å²) in [6, 6.07) is 3.79. The van der Waals surface area contributed by atoms with Crippen LogP contribution in [-0.4, -0.2) is 40.0 Å². The first-order chi connectivity index (χ1) is 12.5. The van der Waals surface area contributed by atoms with Crippen molar-refractivity contribution in [1.82, 2.24) is 25.6 Å². The van der Waals surface area contributed by atoms with Crippen LogP contribution in [-0.2, 0) is 11.2 Å². The largest absolute Gasteiger partial charge is 0.352 e. The number of aromatic nitrogens is 3. The molecule has 0 spiro atoms. The summed E-state index contributed by atoms with van der Waals surface area (Å²) in [4.78, 5) is 36.0. The molecule has 1 saturated heterocycles. The van der Waals surface area contributed by atoms with E-state index in [1.54, 1.807) is 25.4 Å². The Hall–Kier alpha value is -2.54. The summed E-state index contributed by atoms with van der Waals surface area (Å²) >= 11 is 0. The van der Waals surface area contributed by atoms with E-state index in [4.69, 9.17) is 0 Å². The molecule has 0 aliphatic carbocycles. The van der Waals surface area contributed by atoms with Crippen LogP contribution in [0.4, 0.5) is 0 Å². The van der Waals surface area contributed by atoms with E-state index in [9.17, 15) is 9.59 Å². The molecule has 26 heavy (non-hydrogen) atoms. The topological polar surface area (TPSA) is 99.8 Å². The minimum absolute atomic E-state index is 0.0271. The summed E-state index contributed by atoms with van der Waals surface area (Å²) in [5.41, 5.74) is 1.77. The van der Waals surface area contributed by atoms with Gasteiger partial charge in [0.25, 0.3) is 5.56 Å². The predicted octanol–water partition coefficient (Wildman–Crippen LogP) is 1.19. The third-order valence-electron chi connectivity index (χ3n) is 4.93. The van der Waals surface area contributed by atoms with Gasteiger partial charge in [-0.3, -0.25) is 14.6 Å². The molecule has 1 aliphatic heterocycles. The van der Waals surface area contributed by atoms with Gasteiger partial charge in [-0.2, -0.15) is 0 Å². The molecule has 138 valence electrons. The molecule has 3 N–H and O–H groups in total. The van der Waals surface area contributed by atoms with Crippen LogP contribution in [0.3, 0.4) is 0 Å². The Bertz CT molecular complexity index is 818. The normalized spacial score (nSPS) is 19.9. The number of aromatic amines is 1. The molecule has 1 amide bonds. The Morgan fingerprint density at radius 2 is 2.27 bits per heavy atom. The van der Waals surface area contributed by atoms with E-state index >= 15 is 0 Å². The molecule has 0 saturated carbocycles. The molecular formula is C19H25N5O2. The number of rotatable bonds is 5. The predicted molar refractivity (Wildman–Crippen MR) is 99.7 cm³/mol. The van der Waals surface area contributed by atoms with E-state index in [1.165, 1.54) is 0 Å². The molecule has 2 aromatic rings. The molecule has 0 aromatic carbocycles. The maximum Gasteiger partial charge on any atom is 0.254 e. The van der Waals surface area contributed by atoms with Crippen LogP contribution < -0.4 is 16.2 Å². The minimum Gasteiger partial charge on any atom is -0.352 e. The van der Waals surface area contributed by atoms with Gasteiger partial charge < -0.3 is 15.6 Å². The van der Waals surface area contributed by atoms with Gasteiger partial charge in [-0.15, -0.1) is 0 Å². The first-order valence-electron chi connectivity index (χ1n) is 9.05. The fourth-order valence-corrected chi connectivity index (χ4v) is 3.24. The first kappa shape index (κ1) is 18.3. The van der Waals surface area contributed by atoms with Crippen LogP contribution in [0.5, 0.6) is 0 Å². The highest BCUT2D eigenvalue weighted by Crippen LogP contribution is 2.14. The molecule has 2 atom stereocenters. The minimum atomic E-state index is -0.197. The van der Waals surface area contributed by atoms with Crippen molar-refractivity contribution >= 4 is 5.91 Å². The summed E-state index contributed by atoms with van der Waals surface area (Å²) in [5, 5.41) is 6.37. The maximum absolute atomic E-state index is 12.4. The van der Waals surface area contributed by atoms with Crippen molar-refractivity contribution in [3.05, 3.63) is 46.1 Å². The number of amides is 1. The van der Waals surface area contributed by atoms with Gasteiger partial charge in [-0.05, 0) is 44.4 Å². The molecule has 1 aliphatic rings. The monoisotopic (exact) mass is 355 g/mol. The van der Waals surface area contributed by atoms with Gasteiger partial charge in [0.15, 0.2) is 0 Å². The molecule has 7 heteroatoms. The Kier molecular flexibility index (Phi) is 5.78. The average molecular weight is 355 g/mol. The van der Waals surface area contributed by atoms with E-state index in [-0.39, 0.29) is 23.9 Å². The standard InChI is InChI=1S/C19H25N5O2/c1-12-7-9-21-11-16(12)23-17(25)6-5-15-13(2)22-18(24-19(15)26)14-4-3-8-20-10-14/h3-4,8,10,12,16,21H,5-7,9,11H2,1-2H3,(H,23,25)(H,22,24,26). The lowest BCUT2D eigenvalue weighted by Crippen LogP contribution is -2.50. The van der Waals surface area contributed by atoms with Gasteiger partial charge in [0.05, 0.1) is 0 Å². The van der Waals surface area contributed by atoms with Crippen LogP contribution in [0.1, 0.15) is 31.0 Å². The molecule has 0 bridgehead atoms. The van der Waals surface area contributed by atoms with Gasteiger partial charge >= 0.3 is 0 Å². The van der Waals surface area contributed by atoms with Gasteiger partial charge in [0.2, 0.25) is 5.91 Å². The lowest BCUT2D eigenvalue weighted by atomic mass is 9.94. The summed E-state index contributed by atoms with van der Waals surface area (Å²) in [6.07, 6.45) is 5.04. The number of nitrogens with zero attached hydrogens (tertiary/aromatic N) is 2. The highest BCUT2D eigenvalue weighted by atomic mass is 16.1. The lowest BCUT2D eigenvalue weighted by Gasteiger charge is -2.30. The number of carbonyl (C=O) groups excluding carboxylic acids is 1. The Morgan fingerprint density at radius 3 is 2.96 bits per heavy atom. The summed E-state index contributed by atoms with van der Waals surface area (Å²) < 4.78 is 0. The molecule has 2 aromatic heterocycles. The number of H-pyrrole nitrogens is 1. The van der Waals surface area contributed by atoms with Gasteiger partial charge in [0, 0.05) is 48.2 Å². The van der Waals surface area contributed by atoms with Crippen molar-refractivity contribution in [3.8, 4) is 11.4 Å². The van der Waals surface area contributed by atoms with E-state index < -0.39 is 0 Å². The Balaban J connectivity index is 1.65. The highest BCUT2D eigenvalue weighted by molar-refractivity contribution is 5.76. The van der Waals surface area contributed by atoms with Crippen molar-refractivity contribution in [2.24, 2.45) is 5.92 Å². The summed E-state index contributed by atoms with van der Waals surface area (Å²) in [6.45, 7) is 5.75. The van der Waals surface area contributed by atoms with E-state index in [1.807, 2.05) is 6.07 Å². The van der Waals surface area contributed by atoms with Gasteiger partial charge in [-0.25, -0.2) is 4.98 Å². The number of carbonyl (C=O) groups is 1. The number of hydrogen-bond donors (Lipinski definition) is 3. The highest BCUT2D eigenvalue weighted by Gasteiger charge is 2.22. The average Bonchev–Trinajstić information content (AvgIpc) is 2.63. The fourth-order valence-electron chi connectivity index (χ4n) is 3.24. The number of pyridine rings is 1.